The number of aliphatic imine (C=N–C) groups is 1. The molecule has 2 heterocycles. The number of likely N-dealkylation sites (tertiary alicyclic amines) is 1. The normalized spacial score (nSPS) is 15.4. The van der Waals surface area contributed by atoms with Crippen LogP contribution < -0.4 is 11.3 Å². The number of carbonyl (C=O) groups is 2. The van der Waals surface area contributed by atoms with Gasteiger partial charge >= 0.3 is 0 Å². The standard InChI is InChI=1S/C29H37N5O2/c1-3-14-33(15-4-2)29(36)25-18-24-13-12-23(19-26(24)31-27(20-25)32-30)21-8-10-22(11-9-21)28(35)34-16-6-5-7-17-34/h8-13,18-19H,3-7,14-17,20,30H2,1-2H3,(H,31,32). The van der Waals surface area contributed by atoms with E-state index in [2.05, 4.69) is 19.3 Å². The Hall–Kier alpha value is -3.45. The average Bonchev–Trinajstić information content (AvgIpc) is 3.11. The molecule has 36 heavy (non-hydrogen) atoms. The van der Waals surface area contributed by atoms with Crippen LogP contribution in [0.3, 0.4) is 0 Å². The number of nitrogens with one attached hydrogen (secondary N) is 1. The van der Waals surface area contributed by atoms with Crippen LogP contribution in [0.25, 0.3) is 17.2 Å². The summed E-state index contributed by atoms with van der Waals surface area (Å²) in [6.45, 7) is 7.31. The number of piperidine rings is 1. The summed E-state index contributed by atoms with van der Waals surface area (Å²) in [6, 6.07) is 13.8. The molecule has 0 bridgehead atoms. The molecule has 0 aliphatic carbocycles. The first kappa shape index (κ1) is 25.6. The molecule has 0 saturated carbocycles. The van der Waals surface area contributed by atoms with Gasteiger partial charge in [0.25, 0.3) is 5.91 Å². The molecule has 3 N–H and O–H groups in total. The molecular formula is C29H37N5O2. The van der Waals surface area contributed by atoms with Crippen molar-refractivity contribution in [2.75, 3.05) is 26.2 Å². The summed E-state index contributed by atoms with van der Waals surface area (Å²) in [5.41, 5.74) is 7.73. The SMILES string of the molecule is CCCN(CCC)C(=O)C1=Cc2ccc(-c3ccc(C(=O)N4CCCCC4)cc3)cc2N=C(NN)C1. The van der Waals surface area contributed by atoms with Gasteiger partial charge in [-0.1, -0.05) is 38.1 Å². The first-order valence-corrected chi connectivity index (χ1v) is 13.1. The van der Waals surface area contributed by atoms with E-state index < -0.39 is 0 Å². The number of fused-ring (bicyclic) bond motifs is 1. The van der Waals surface area contributed by atoms with Gasteiger partial charge in [-0.25, -0.2) is 10.8 Å². The zero-order valence-corrected chi connectivity index (χ0v) is 21.4. The highest BCUT2D eigenvalue weighted by molar-refractivity contribution is 6.06. The van der Waals surface area contributed by atoms with Gasteiger partial charge < -0.3 is 15.2 Å². The first-order chi connectivity index (χ1) is 17.5. The number of rotatable bonds is 7. The number of nitrogens with zero attached hydrogens (tertiary/aromatic N) is 3. The van der Waals surface area contributed by atoms with Crippen LogP contribution >= 0.6 is 0 Å². The second-order valence-corrected chi connectivity index (χ2v) is 9.55. The van der Waals surface area contributed by atoms with Crippen LogP contribution in [-0.4, -0.2) is 53.6 Å². The molecule has 190 valence electrons. The van der Waals surface area contributed by atoms with Crippen molar-refractivity contribution in [2.45, 2.75) is 52.4 Å². The first-order valence-electron chi connectivity index (χ1n) is 13.1. The van der Waals surface area contributed by atoms with E-state index in [1.54, 1.807) is 0 Å². The average molecular weight is 488 g/mol. The molecule has 1 saturated heterocycles. The highest BCUT2D eigenvalue weighted by Gasteiger charge is 2.22. The largest absolute Gasteiger partial charge is 0.339 e. The maximum atomic E-state index is 13.3. The van der Waals surface area contributed by atoms with E-state index in [1.807, 2.05) is 58.3 Å². The summed E-state index contributed by atoms with van der Waals surface area (Å²) in [5, 5.41) is 0. The number of nitrogens with two attached hydrogens (primary N) is 1. The van der Waals surface area contributed by atoms with Gasteiger partial charge in [-0.2, -0.15) is 0 Å². The molecular weight excluding hydrogens is 450 g/mol. The molecule has 2 amide bonds. The Balaban J connectivity index is 1.60. The summed E-state index contributed by atoms with van der Waals surface area (Å²) in [6.07, 6.45) is 7.48. The molecule has 0 aromatic heterocycles. The highest BCUT2D eigenvalue weighted by atomic mass is 16.2. The maximum Gasteiger partial charge on any atom is 0.253 e. The van der Waals surface area contributed by atoms with Crippen LogP contribution in [0.2, 0.25) is 0 Å². The minimum absolute atomic E-state index is 0.0348. The Morgan fingerprint density at radius 2 is 1.64 bits per heavy atom. The van der Waals surface area contributed by atoms with Crippen LogP contribution in [0.15, 0.2) is 53.0 Å². The number of hydrogen-bond acceptors (Lipinski definition) is 5. The fraction of sp³-hybridized carbons (Fsp3) is 0.414. The van der Waals surface area contributed by atoms with E-state index in [4.69, 9.17) is 10.8 Å². The fourth-order valence-electron chi connectivity index (χ4n) is 4.91. The summed E-state index contributed by atoms with van der Waals surface area (Å²) in [4.78, 5) is 34.7. The van der Waals surface area contributed by atoms with Crippen LogP contribution in [-0.2, 0) is 4.79 Å². The smallest absolute Gasteiger partial charge is 0.253 e. The van der Waals surface area contributed by atoms with Crippen LogP contribution in [0.5, 0.6) is 0 Å². The van der Waals surface area contributed by atoms with E-state index in [0.29, 0.717) is 17.8 Å². The van der Waals surface area contributed by atoms with E-state index in [1.165, 1.54) is 6.42 Å². The quantitative estimate of drug-likeness (QED) is 0.429. The molecule has 2 aliphatic heterocycles. The molecule has 0 atom stereocenters. The van der Waals surface area contributed by atoms with Crippen molar-refractivity contribution in [2.24, 2.45) is 10.8 Å². The van der Waals surface area contributed by atoms with E-state index >= 15 is 0 Å². The lowest BCUT2D eigenvalue weighted by Crippen LogP contribution is -2.36. The molecule has 2 aliphatic rings. The minimum atomic E-state index is 0.0348. The zero-order valence-electron chi connectivity index (χ0n) is 21.4. The molecule has 0 radical (unpaired) electrons. The molecule has 0 unspecified atom stereocenters. The summed E-state index contributed by atoms with van der Waals surface area (Å²) < 4.78 is 0. The molecule has 4 rings (SSSR count). The molecule has 1 fully saturated rings. The van der Waals surface area contributed by atoms with Crippen molar-refractivity contribution in [3.8, 4) is 11.1 Å². The lowest BCUT2D eigenvalue weighted by Gasteiger charge is -2.26. The summed E-state index contributed by atoms with van der Waals surface area (Å²) in [5.74, 6) is 6.47. The summed E-state index contributed by atoms with van der Waals surface area (Å²) >= 11 is 0. The van der Waals surface area contributed by atoms with Gasteiger partial charge in [0.1, 0.15) is 5.84 Å². The number of amidine groups is 1. The highest BCUT2D eigenvalue weighted by Crippen LogP contribution is 2.32. The summed E-state index contributed by atoms with van der Waals surface area (Å²) in [7, 11) is 0. The predicted octanol–water partition coefficient (Wildman–Crippen LogP) is 4.91. The van der Waals surface area contributed by atoms with Gasteiger partial charge in [-0.3, -0.25) is 9.59 Å². The monoisotopic (exact) mass is 487 g/mol. The third kappa shape index (κ3) is 5.85. The molecule has 7 nitrogen and oxygen atoms in total. The van der Waals surface area contributed by atoms with Crippen LogP contribution in [0.4, 0.5) is 5.69 Å². The number of amides is 2. The van der Waals surface area contributed by atoms with Crippen LogP contribution in [0.1, 0.15) is 68.3 Å². The Kier molecular flexibility index (Phi) is 8.54. The minimum Gasteiger partial charge on any atom is -0.339 e. The number of carbonyl (C=O) groups excluding carboxylic acids is 2. The van der Waals surface area contributed by atoms with Gasteiger partial charge in [0.2, 0.25) is 5.91 Å². The molecule has 0 spiro atoms. The second kappa shape index (κ2) is 12.0. The van der Waals surface area contributed by atoms with Gasteiger partial charge in [-0.05, 0) is 67.5 Å². The van der Waals surface area contributed by atoms with Crippen molar-refractivity contribution >= 4 is 29.4 Å². The molecule has 2 aromatic carbocycles. The topological polar surface area (TPSA) is 91.0 Å². The Morgan fingerprint density at radius 1 is 0.972 bits per heavy atom. The second-order valence-electron chi connectivity index (χ2n) is 9.55. The van der Waals surface area contributed by atoms with Crippen molar-refractivity contribution in [3.63, 3.8) is 0 Å². The zero-order chi connectivity index (χ0) is 25.5. The number of hydrazine groups is 1. The van der Waals surface area contributed by atoms with Crippen LogP contribution in [0, 0.1) is 0 Å². The van der Waals surface area contributed by atoms with E-state index in [-0.39, 0.29) is 11.8 Å². The van der Waals surface area contributed by atoms with Crippen molar-refractivity contribution in [1.82, 2.24) is 15.2 Å². The lowest BCUT2D eigenvalue weighted by atomic mass is 9.99. The number of hydrogen-bond donors (Lipinski definition) is 2. The predicted molar refractivity (Wildman–Crippen MR) is 146 cm³/mol. The van der Waals surface area contributed by atoms with Gasteiger partial charge in [0.05, 0.1) is 5.69 Å². The van der Waals surface area contributed by atoms with Crippen molar-refractivity contribution in [1.29, 1.82) is 0 Å². The Bertz CT molecular complexity index is 1140. The van der Waals surface area contributed by atoms with E-state index in [9.17, 15) is 9.59 Å². The Morgan fingerprint density at radius 3 is 2.28 bits per heavy atom. The third-order valence-corrected chi connectivity index (χ3v) is 6.80. The molecule has 2 aromatic rings. The van der Waals surface area contributed by atoms with E-state index in [0.717, 1.165) is 79.8 Å². The fourth-order valence-corrected chi connectivity index (χ4v) is 4.91. The van der Waals surface area contributed by atoms with Gasteiger partial charge in [-0.15, -0.1) is 0 Å². The number of benzene rings is 2. The van der Waals surface area contributed by atoms with Gasteiger partial charge in [0.15, 0.2) is 0 Å². The third-order valence-electron chi connectivity index (χ3n) is 6.80. The lowest BCUT2D eigenvalue weighted by molar-refractivity contribution is -0.127. The van der Waals surface area contributed by atoms with Crippen molar-refractivity contribution < 1.29 is 9.59 Å². The maximum absolute atomic E-state index is 13.3. The Labute approximate surface area is 214 Å². The molecule has 7 heteroatoms. The van der Waals surface area contributed by atoms with Crippen molar-refractivity contribution in [3.05, 3.63) is 59.2 Å². The van der Waals surface area contributed by atoms with Gasteiger partial charge in [0, 0.05) is 49.3 Å².